The Morgan fingerprint density at radius 2 is 1.92 bits per heavy atom. The molecule has 0 saturated carbocycles. The van der Waals surface area contributed by atoms with Crippen molar-refractivity contribution in [2.75, 3.05) is 15.9 Å². The zero-order valence-corrected chi connectivity index (χ0v) is 15.0. The monoisotopic (exact) mass is 376 g/mol. The van der Waals surface area contributed by atoms with Crippen molar-refractivity contribution < 1.29 is 22.3 Å². The molecule has 6 nitrogen and oxygen atoms in total. The molecule has 136 valence electrons. The summed E-state index contributed by atoms with van der Waals surface area (Å²) < 4.78 is 44.4. The van der Waals surface area contributed by atoms with E-state index in [1.165, 1.54) is 41.3 Å². The van der Waals surface area contributed by atoms with Crippen molar-refractivity contribution in [2.24, 2.45) is 0 Å². The van der Waals surface area contributed by atoms with E-state index in [0.29, 0.717) is 28.4 Å². The van der Waals surface area contributed by atoms with Gasteiger partial charge in [-0.2, -0.15) is 0 Å². The number of amides is 1. The van der Waals surface area contributed by atoms with Crippen molar-refractivity contribution in [3.8, 4) is 5.75 Å². The molecule has 0 fully saturated rings. The van der Waals surface area contributed by atoms with Gasteiger partial charge in [-0.3, -0.25) is 14.4 Å². The average Bonchev–Trinajstić information content (AvgIpc) is 2.55. The highest BCUT2D eigenvalue weighted by atomic mass is 32.2. The predicted molar refractivity (Wildman–Crippen MR) is 98.6 cm³/mol. The molecule has 0 radical (unpaired) electrons. The lowest BCUT2D eigenvalue weighted by atomic mass is 10.1. The minimum atomic E-state index is -3.49. The van der Waals surface area contributed by atoms with Crippen LogP contribution in [0.15, 0.2) is 43.0 Å². The van der Waals surface area contributed by atoms with E-state index in [4.69, 9.17) is 4.74 Å². The molecule has 0 saturated heterocycles. The first-order valence-corrected chi connectivity index (χ1v) is 9.63. The summed E-state index contributed by atoms with van der Waals surface area (Å²) in [4.78, 5) is 14.1. The van der Waals surface area contributed by atoms with E-state index in [0.717, 1.165) is 6.26 Å². The van der Waals surface area contributed by atoms with Gasteiger partial charge < -0.3 is 4.74 Å². The Morgan fingerprint density at radius 3 is 2.50 bits per heavy atom. The number of benzene rings is 2. The second kappa shape index (κ2) is 6.45. The van der Waals surface area contributed by atoms with Crippen LogP contribution in [0.25, 0.3) is 6.08 Å². The van der Waals surface area contributed by atoms with Crippen LogP contribution >= 0.6 is 0 Å². The Bertz CT molecular complexity index is 987. The smallest absolute Gasteiger partial charge is 0.272 e. The summed E-state index contributed by atoms with van der Waals surface area (Å²) in [6, 6.07) is 8.55. The Hall–Kier alpha value is -2.87. The number of anilines is 3. The number of nitrogens with one attached hydrogen (secondary N) is 1. The number of carbonyl (C=O) groups excluding carboxylic acids is 1. The van der Waals surface area contributed by atoms with Gasteiger partial charge in [-0.05, 0) is 37.3 Å². The number of fused-ring (bicyclic) bond motifs is 1. The van der Waals surface area contributed by atoms with Crippen molar-refractivity contribution in [3.05, 3.63) is 54.4 Å². The van der Waals surface area contributed by atoms with Crippen LogP contribution in [-0.2, 0) is 14.8 Å². The average molecular weight is 376 g/mol. The third-order valence-corrected chi connectivity index (χ3v) is 4.41. The van der Waals surface area contributed by atoms with Gasteiger partial charge in [0.15, 0.2) is 6.10 Å². The fraction of sp³-hybridized carbons (Fsp3) is 0.167. The highest BCUT2D eigenvalue weighted by Gasteiger charge is 2.34. The van der Waals surface area contributed by atoms with Crippen LogP contribution < -0.4 is 14.4 Å². The summed E-state index contributed by atoms with van der Waals surface area (Å²) in [5, 5.41) is 0. The maximum absolute atomic E-state index is 13.3. The molecule has 1 N–H and O–H groups in total. The lowest BCUT2D eigenvalue weighted by Gasteiger charge is -2.34. The molecule has 26 heavy (non-hydrogen) atoms. The third kappa shape index (κ3) is 3.41. The molecule has 8 heteroatoms. The topological polar surface area (TPSA) is 75.7 Å². The maximum Gasteiger partial charge on any atom is 0.272 e. The number of hydrogen-bond donors (Lipinski definition) is 1. The molecule has 1 atom stereocenters. The van der Waals surface area contributed by atoms with E-state index in [2.05, 4.69) is 11.3 Å². The number of sulfonamides is 1. The number of hydrogen-bond acceptors (Lipinski definition) is 4. The highest BCUT2D eigenvalue weighted by Crippen LogP contribution is 2.44. The van der Waals surface area contributed by atoms with Gasteiger partial charge in [0.05, 0.1) is 17.6 Å². The summed E-state index contributed by atoms with van der Waals surface area (Å²) in [5.74, 6) is -0.416. The largest absolute Gasteiger partial charge is 0.479 e. The first-order valence-electron chi connectivity index (χ1n) is 7.74. The summed E-state index contributed by atoms with van der Waals surface area (Å²) in [6.07, 6.45) is 1.74. The van der Waals surface area contributed by atoms with Crippen molar-refractivity contribution in [1.29, 1.82) is 0 Å². The SMILES string of the molecule is C=Cc1cc(NS(C)(=O)=O)cc2c1N(c1ccc(F)cc1)C(=O)C(C)O2. The lowest BCUT2D eigenvalue weighted by Crippen LogP contribution is -2.42. The van der Waals surface area contributed by atoms with Gasteiger partial charge in [-0.25, -0.2) is 12.8 Å². The van der Waals surface area contributed by atoms with Crippen LogP contribution in [0.5, 0.6) is 5.75 Å². The molecule has 2 aromatic rings. The second-order valence-corrected chi connectivity index (χ2v) is 7.65. The zero-order chi connectivity index (χ0) is 19.1. The number of ether oxygens (including phenoxy) is 1. The Balaban J connectivity index is 2.20. The molecular weight excluding hydrogens is 359 g/mol. The van der Waals surface area contributed by atoms with Gasteiger partial charge in [0.2, 0.25) is 10.0 Å². The van der Waals surface area contributed by atoms with Gasteiger partial charge >= 0.3 is 0 Å². The molecule has 1 aliphatic rings. The Kier molecular flexibility index (Phi) is 4.45. The molecule has 0 bridgehead atoms. The molecule has 3 rings (SSSR count). The van der Waals surface area contributed by atoms with Gasteiger partial charge in [0.1, 0.15) is 11.6 Å². The fourth-order valence-electron chi connectivity index (χ4n) is 2.77. The molecule has 0 aliphatic carbocycles. The standard InChI is InChI=1S/C18H17FN2O4S/c1-4-12-9-14(20-26(3,23)24)10-16-17(12)21(18(22)11(2)25-16)15-7-5-13(19)6-8-15/h4-11,20H,1H2,2-3H3. The summed E-state index contributed by atoms with van der Waals surface area (Å²) in [5.41, 5.74) is 1.69. The minimum absolute atomic E-state index is 0.293. The van der Waals surface area contributed by atoms with E-state index in [1.807, 2.05) is 0 Å². The number of halogens is 1. The number of nitrogens with zero attached hydrogens (tertiary/aromatic N) is 1. The Morgan fingerprint density at radius 1 is 1.27 bits per heavy atom. The van der Waals surface area contributed by atoms with E-state index in [-0.39, 0.29) is 5.91 Å². The molecule has 1 amide bonds. The van der Waals surface area contributed by atoms with Crippen LogP contribution in [0.2, 0.25) is 0 Å². The van der Waals surface area contributed by atoms with Crippen molar-refractivity contribution in [3.63, 3.8) is 0 Å². The van der Waals surface area contributed by atoms with Gasteiger partial charge in [0.25, 0.3) is 5.91 Å². The molecule has 0 aromatic heterocycles. The van der Waals surface area contributed by atoms with Crippen molar-refractivity contribution >= 4 is 39.1 Å². The number of rotatable bonds is 4. The van der Waals surface area contributed by atoms with Gasteiger partial charge in [0, 0.05) is 17.3 Å². The molecule has 1 aliphatic heterocycles. The molecule has 2 aromatic carbocycles. The Labute approximate surface area is 150 Å². The van der Waals surface area contributed by atoms with Crippen LogP contribution in [0, 0.1) is 5.82 Å². The lowest BCUT2D eigenvalue weighted by molar-refractivity contribution is -0.124. The van der Waals surface area contributed by atoms with E-state index in [1.54, 1.807) is 13.0 Å². The van der Waals surface area contributed by atoms with E-state index < -0.39 is 21.9 Å². The van der Waals surface area contributed by atoms with E-state index in [9.17, 15) is 17.6 Å². The predicted octanol–water partition coefficient (Wildman–Crippen LogP) is 3.29. The summed E-state index contributed by atoms with van der Waals surface area (Å²) in [7, 11) is -3.49. The highest BCUT2D eigenvalue weighted by molar-refractivity contribution is 7.92. The second-order valence-electron chi connectivity index (χ2n) is 5.90. The first kappa shape index (κ1) is 17.9. The van der Waals surface area contributed by atoms with Crippen LogP contribution in [0.3, 0.4) is 0 Å². The normalized spacial score (nSPS) is 16.7. The van der Waals surface area contributed by atoms with Gasteiger partial charge in [-0.1, -0.05) is 12.7 Å². The van der Waals surface area contributed by atoms with Crippen LogP contribution in [-0.4, -0.2) is 26.7 Å². The minimum Gasteiger partial charge on any atom is -0.479 e. The number of carbonyl (C=O) groups is 1. The molecule has 1 unspecified atom stereocenters. The van der Waals surface area contributed by atoms with Gasteiger partial charge in [-0.15, -0.1) is 0 Å². The fourth-order valence-corrected chi connectivity index (χ4v) is 3.31. The molecule has 1 heterocycles. The van der Waals surface area contributed by atoms with E-state index >= 15 is 0 Å². The quantitative estimate of drug-likeness (QED) is 0.888. The maximum atomic E-state index is 13.3. The summed E-state index contributed by atoms with van der Waals surface area (Å²) >= 11 is 0. The third-order valence-electron chi connectivity index (χ3n) is 3.81. The van der Waals surface area contributed by atoms with Crippen LogP contribution in [0.4, 0.5) is 21.5 Å². The zero-order valence-electron chi connectivity index (χ0n) is 14.2. The van der Waals surface area contributed by atoms with Crippen LogP contribution in [0.1, 0.15) is 12.5 Å². The molecule has 0 spiro atoms. The van der Waals surface area contributed by atoms with Crippen molar-refractivity contribution in [2.45, 2.75) is 13.0 Å². The van der Waals surface area contributed by atoms with Crippen molar-refractivity contribution in [1.82, 2.24) is 0 Å². The molecular formula is C18H17FN2O4S. The first-order chi connectivity index (χ1) is 12.2. The summed E-state index contributed by atoms with van der Waals surface area (Å²) in [6.45, 7) is 5.32.